The maximum absolute atomic E-state index is 10.5. The molecule has 1 atom stereocenters. The summed E-state index contributed by atoms with van der Waals surface area (Å²) in [6, 6.07) is 14.0. The zero-order chi connectivity index (χ0) is 21.2. The molecule has 0 amide bonds. The number of ether oxygens (including phenoxy) is 2. The first-order chi connectivity index (χ1) is 15.2. The molecule has 6 heteroatoms. The molecular weight excluding hydrogens is 390 g/mol. The maximum atomic E-state index is 10.5. The van der Waals surface area contributed by atoms with Gasteiger partial charge in [-0.15, -0.1) is 0 Å². The molecule has 160 valence electrons. The third-order valence-electron chi connectivity index (χ3n) is 5.98. The molecule has 3 heterocycles. The van der Waals surface area contributed by atoms with Crippen LogP contribution < -0.4 is 9.47 Å². The fourth-order valence-corrected chi connectivity index (χ4v) is 4.34. The summed E-state index contributed by atoms with van der Waals surface area (Å²) in [5.41, 5.74) is 4.72. The molecule has 0 fully saturated rings. The number of H-pyrrole nitrogens is 2. The topological polar surface area (TPSA) is 73.5 Å². The van der Waals surface area contributed by atoms with E-state index in [4.69, 9.17) is 9.47 Å². The van der Waals surface area contributed by atoms with Gasteiger partial charge in [-0.25, -0.2) is 0 Å². The van der Waals surface area contributed by atoms with Crippen molar-refractivity contribution >= 4 is 27.4 Å². The van der Waals surface area contributed by atoms with Crippen LogP contribution in [0.4, 0.5) is 0 Å². The fraction of sp³-hybridized carbons (Fsp3) is 0.280. The normalized spacial score (nSPS) is 15.9. The molecule has 2 aromatic carbocycles. The highest BCUT2D eigenvalue weighted by atomic mass is 16.5. The molecule has 3 N–H and O–H groups in total. The quantitative estimate of drug-likeness (QED) is 0.422. The first kappa shape index (κ1) is 19.7. The smallest absolute Gasteiger partial charge is 0.128 e. The third kappa shape index (κ3) is 4.04. The third-order valence-corrected chi connectivity index (χ3v) is 5.98. The average molecular weight is 418 g/mol. The molecule has 6 nitrogen and oxygen atoms in total. The molecule has 31 heavy (non-hydrogen) atoms. The fourth-order valence-electron chi connectivity index (χ4n) is 4.34. The van der Waals surface area contributed by atoms with Gasteiger partial charge in [0.2, 0.25) is 0 Å². The molecule has 0 bridgehead atoms. The Morgan fingerprint density at radius 1 is 1.10 bits per heavy atom. The number of rotatable bonds is 7. The van der Waals surface area contributed by atoms with Crippen LogP contribution in [0.3, 0.4) is 0 Å². The van der Waals surface area contributed by atoms with Gasteiger partial charge >= 0.3 is 0 Å². The molecule has 0 saturated heterocycles. The SMILES string of the molecule is COc1ccc2c(C3=CCN(CC(O)COc4cccc5[nH]ccc45)CC3)c[nH]c2c1. The van der Waals surface area contributed by atoms with Gasteiger partial charge in [0.05, 0.1) is 7.11 Å². The van der Waals surface area contributed by atoms with Crippen molar-refractivity contribution in [2.45, 2.75) is 12.5 Å². The number of aromatic amines is 2. The highest BCUT2D eigenvalue weighted by Crippen LogP contribution is 2.31. The molecule has 0 radical (unpaired) electrons. The number of aliphatic hydroxyl groups is 1. The van der Waals surface area contributed by atoms with Crippen molar-refractivity contribution in [3.8, 4) is 11.5 Å². The largest absolute Gasteiger partial charge is 0.497 e. The van der Waals surface area contributed by atoms with Crippen molar-refractivity contribution in [1.29, 1.82) is 0 Å². The number of nitrogens with one attached hydrogen (secondary N) is 2. The molecule has 5 rings (SSSR count). The predicted octanol–water partition coefficient (Wildman–Crippen LogP) is 4.19. The van der Waals surface area contributed by atoms with Crippen LogP contribution in [-0.4, -0.2) is 59.4 Å². The highest BCUT2D eigenvalue weighted by Gasteiger charge is 2.18. The van der Waals surface area contributed by atoms with Crippen LogP contribution in [-0.2, 0) is 0 Å². The molecule has 0 aliphatic carbocycles. The van der Waals surface area contributed by atoms with Gasteiger partial charge in [-0.1, -0.05) is 12.1 Å². The summed E-state index contributed by atoms with van der Waals surface area (Å²) in [6.45, 7) is 2.61. The number of fused-ring (bicyclic) bond motifs is 2. The van der Waals surface area contributed by atoms with Crippen molar-refractivity contribution in [2.24, 2.45) is 0 Å². The molecule has 0 saturated carbocycles. The van der Waals surface area contributed by atoms with E-state index in [9.17, 15) is 5.11 Å². The molecule has 0 spiro atoms. The Balaban J connectivity index is 1.19. The Hall–Kier alpha value is -3.22. The van der Waals surface area contributed by atoms with Gasteiger partial charge in [-0.05, 0) is 42.3 Å². The Kier molecular flexibility index (Phi) is 5.40. The zero-order valence-corrected chi connectivity index (χ0v) is 17.6. The molecule has 1 aliphatic rings. The van der Waals surface area contributed by atoms with E-state index < -0.39 is 6.10 Å². The second kappa shape index (κ2) is 8.49. The summed E-state index contributed by atoms with van der Waals surface area (Å²) >= 11 is 0. The highest BCUT2D eigenvalue weighted by molar-refractivity contribution is 5.93. The van der Waals surface area contributed by atoms with Crippen LogP contribution >= 0.6 is 0 Å². The number of hydrogen-bond donors (Lipinski definition) is 3. The van der Waals surface area contributed by atoms with Crippen molar-refractivity contribution in [3.63, 3.8) is 0 Å². The Morgan fingerprint density at radius 3 is 2.87 bits per heavy atom. The predicted molar refractivity (Wildman–Crippen MR) is 124 cm³/mol. The van der Waals surface area contributed by atoms with Crippen molar-refractivity contribution in [3.05, 3.63) is 66.5 Å². The number of methoxy groups -OCH3 is 1. The minimum Gasteiger partial charge on any atom is -0.497 e. The van der Waals surface area contributed by atoms with Crippen LogP contribution in [0.15, 0.2) is 60.9 Å². The number of aromatic nitrogens is 2. The lowest BCUT2D eigenvalue weighted by Gasteiger charge is -2.28. The summed E-state index contributed by atoms with van der Waals surface area (Å²) in [4.78, 5) is 8.80. The lowest BCUT2D eigenvalue weighted by Crippen LogP contribution is -2.38. The number of β-amino-alcohol motifs (C(OH)–C–C–N with tert-alkyl or cyclic N) is 1. The lowest BCUT2D eigenvalue weighted by atomic mass is 9.98. The zero-order valence-electron chi connectivity index (χ0n) is 17.6. The molecule has 4 aromatic rings. The summed E-state index contributed by atoms with van der Waals surface area (Å²) in [5.74, 6) is 1.66. The second-order valence-corrected chi connectivity index (χ2v) is 8.01. The van der Waals surface area contributed by atoms with Gasteiger partial charge in [0, 0.05) is 65.5 Å². The van der Waals surface area contributed by atoms with Gasteiger partial charge in [-0.3, -0.25) is 4.90 Å². The standard InChI is InChI=1S/C25H27N3O3/c1-30-19-5-6-20-22(14-27-24(20)13-19)17-8-11-28(12-9-17)15-18(29)16-31-25-4-2-3-23-21(25)7-10-26-23/h2-8,10,13-14,18,26-27,29H,9,11-12,15-16H2,1H3. The number of benzene rings is 2. The van der Waals surface area contributed by atoms with E-state index in [1.165, 1.54) is 16.5 Å². The second-order valence-electron chi connectivity index (χ2n) is 8.01. The molecule has 2 aromatic heterocycles. The first-order valence-corrected chi connectivity index (χ1v) is 10.6. The van der Waals surface area contributed by atoms with Crippen molar-refractivity contribution < 1.29 is 14.6 Å². The van der Waals surface area contributed by atoms with E-state index in [0.717, 1.165) is 47.4 Å². The Labute approximate surface area is 181 Å². The van der Waals surface area contributed by atoms with E-state index in [1.54, 1.807) is 7.11 Å². The number of nitrogens with zero attached hydrogens (tertiary/aromatic N) is 1. The summed E-state index contributed by atoms with van der Waals surface area (Å²) < 4.78 is 11.2. The van der Waals surface area contributed by atoms with Crippen LogP contribution in [0.1, 0.15) is 12.0 Å². The van der Waals surface area contributed by atoms with Gasteiger partial charge in [0.15, 0.2) is 0 Å². The minimum absolute atomic E-state index is 0.279. The van der Waals surface area contributed by atoms with Gasteiger partial charge in [-0.2, -0.15) is 0 Å². The Bertz CT molecular complexity index is 1220. The van der Waals surface area contributed by atoms with Gasteiger partial charge in [0.1, 0.15) is 24.2 Å². The van der Waals surface area contributed by atoms with Gasteiger partial charge < -0.3 is 24.5 Å². The Morgan fingerprint density at radius 2 is 2.03 bits per heavy atom. The monoisotopic (exact) mass is 417 g/mol. The molecular formula is C25H27N3O3. The maximum Gasteiger partial charge on any atom is 0.128 e. The molecule has 1 unspecified atom stereocenters. The number of aliphatic hydroxyl groups excluding tert-OH is 1. The number of hydrogen-bond acceptors (Lipinski definition) is 4. The van der Waals surface area contributed by atoms with Gasteiger partial charge in [0.25, 0.3) is 0 Å². The van der Waals surface area contributed by atoms with E-state index in [0.29, 0.717) is 6.54 Å². The van der Waals surface area contributed by atoms with E-state index in [-0.39, 0.29) is 6.61 Å². The van der Waals surface area contributed by atoms with Crippen LogP contribution in [0, 0.1) is 0 Å². The van der Waals surface area contributed by atoms with E-state index in [1.807, 2.05) is 42.6 Å². The first-order valence-electron chi connectivity index (χ1n) is 10.6. The van der Waals surface area contributed by atoms with Crippen LogP contribution in [0.2, 0.25) is 0 Å². The summed E-state index contributed by atoms with van der Waals surface area (Å²) in [6.07, 6.45) is 6.66. The van der Waals surface area contributed by atoms with E-state index in [2.05, 4.69) is 33.2 Å². The average Bonchev–Trinajstić information content (AvgIpc) is 3.45. The summed E-state index contributed by atoms with van der Waals surface area (Å²) in [7, 11) is 1.68. The van der Waals surface area contributed by atoms with Crippen LogP contribution in [0.5, 0.6) is 11.5 Å². The summed E-state index contributed by atoms with van der Waals surface area (Å²) in [5, 5.41) is 12.8. The van der Waals surface area contributed by atoms with Crippen molar-refractivity contribution in [2.75, 3.05) is 33.4 Å². The van der Waals surface area contributed by atoms with Crippen molar-refractivity contribution in [1.82, 2.24) is 14.9 Å². The van der Waals surface area contributed by atoms with Crippen LogP contribution in [0.25, 0.3) is 27.4 Å². The molecule has 1 aliphatic heterocycles. The van der Waals surface area contributed by atoms with E-state index >= 15 is 0 Å². The minimum atomic E-state index is -0.537. The lowest BCUT2D eigenvalue weighted by molar-refractivity contribution is 0.0722.